The number of amides is 1. The minimum Gasteiger partial charge on any atom is -0.491 e. The molecule has 2 aromatic rings. The molecule has 0 saturated carbocycles. The van der Waals surface area contributed by atoms with Crippen LogP contribution in [0.25, 0.3) is 0 Å². The molecular formula is C24H33NO8S. The Morgan fingerprint density at radius 3 is 1.97 bits per heavy atom. The lowest BCUT2D eigenvalue weighted by Gasteiger charge is -2.19. The molecule has 0 spiro atoms. The second-order valence-electron chi connectivity index (χ2n) is 8.31. The number of anilines is 1. The number of nitrogens with one attached hydrogen (secondary N) is 1. The van der Waals surface area contributed by atoms with Crippen LogP contribution in [0.4, 0.5) is 10.5 Å². The topological polar surface area (TPSA) is 109 Å². The molecule has 34 heavy (non-hydrogen) atoms. The van der Waals surface area contributed by atoms with Crippen LogP contribution >= 0.6 is 0 Å². The van der Waals surface area contributed by atoms with Gasteiger partial charge in [-0.1, -0.05) is 17.7 Å². The largest absolute Gasteiger partial charge is 0.491 e. The highest BCUT2D eigenvalue weighted by molar-refractivity contribution is 7.86. The van der Waals surface area contributed by atoms with Crippen molar-refractivity contribution in [2.75, 3.05) is 45.0 Å². The van der Waals surface area contributed by atoms with Crippen LogP contribution < -0.4 is 10.1 Å². The van der Waals surface area contributed by atoms with Crippen molar-refractivity contribution in [3.8, 4) is 5.75 Å². The number of aryl methyl sites for hydroxylation is 1. The summed E-state index contributed by atoms with van der Waals surface area (Å²) in [5.41, 5.74) is 1.01. The first kappa shape index (κ1) is 27.6. The molecule has 188 valence electrons. The van der Waals surface area contributed by atoms with Crippen molar-refractivity contribution in [3.63, 3.8) is 0 Å². The van der Waals surface area contributed by atoms with Gasteiger partial charge in [0.15, 0.2) is 0 Å². The zero-order valence-corrected chi connectivity index (χ0v) is 20.9. The van der Waals surface area contributed by atoms with E-state index in [4.69, 9.17) is 23.1 Å². The van der Waals surface area contributed by atoms with Crippen molar-refractivity contribution >= 4 is 21.9 Å². The fraction of sp³-hybridized carbons (Fsp3) is 0.458. The molecule has 0 saturated heterocycles. The lowest BCUT2D eigenvalue weighted by atomic mass is 10.2. The van der Waals surface area contributed by atoms with Crippen molar-refractivity contribution in [3.05, 3.63) is 54.1 Å². The number of carbonyl (C=O) groups excluding carboxylic acids is 1. The van der Waals surface area contributed by atoms with Crippen LogP contribution in [0.15, 0.2) is 53.4 Å². The van der Waals surface area contributed by atoms with E-state index in [-0.39, 0.29) is 18.1 Å². The number of rotatable bonds is 13. The molecule has 2 rings (SSSR count). The van der Waals surface area contributed by atoms with Crippen LogP contribution in [-0.2, 0) is 28.5 Å². The van der Waals surface area contributed by atoms with Crippen LogP contribution in [0.3, 0.4) is 0 Å². The van der Waals surface area contributed by atoms with Gasteiger partial charge in [-0.05, 0) is 64.1 Å². The Hall–Kier alpha value is -2.66. The third-order valence-electron chi connectivity index (χ3n) is 4.14. The molecule has 10 heteroatoms. The number of hydrogen-bond donors (Lipinski definition) is 1. The zero-order chi connectivity index (χ0) is 25.0. The highest BCUT2D eigenvalue weighted by Gasteiger charge is 2.16. The van der Waals surface area contributed by atoms with Gasteiger partial charge < -0.3 is 18.9 Å². The molecule has 0 aliphatic heterocycles. The van der Waals surface area contributed by atoms with Crippen LogP contribution in [-0.4, -0.2) is 59.8 Å². The van der Waals surface area contributed by atoms with E-state index >= 15 is 0 Å². The van der Waals surface area contributed by atoms with Crippen LogP contribution in [0.1, 0.15) is 26.3 Å². The monoisotopic (exact) mass is 495 g/mol. The summed E-state index contributed by atoms with van der Waals surface area (Å²) in [5.74, 6) is 0.640. The van der Waals surface area contributed by atoms with Gasteiger partial charge in [-0.15, -0.1) is 0 Å². The minimum atomic E-state index is -3.78. The van der Waals surface area contributed by atoms with Crippen molar-refractivity contribution < 1.29 is 36.3 Å². The molecule has 0 aliphatic rings. The van der Waals surface area contributed by atoms with Gasteiger partial charge in [0.25, 0.3) is 10.1 Å². The number of carbonyl (C=O) groups is 1. The van der Waals surface area contributed by atoms with E-state index in [0.29, 0.717) is 37.9 Å². The SMILES string of the molecule is Cc1ccc(S(=O)(=O)OCCOCCOCCOc2ccc(NC(=O)OC(C)(C)C)cc2)cc1. The van der Waals surface area contributed by atoms with Gasteiger partial charge >= 0.3 is 6.09 Å². The number of ether oxygens (including phenoxy) is 4. The molecule has 0 unspecified atom stereocenters. The highest BCUT2D eigenvalue weighted by atomic mass is 32.2. The third kappa shape index (κ3) is 11.0. The summed E-state index contributed by atoms with van der Waals surface area (Å²) in [6.07, 6.45) is -0.517. The van der Waals surface area contributed by atoms with Crippen molar-refractivity contribution in [1.29, 1.82) is 0 Å². The number of benzene rings is 2. The van der Waals surface area contributed by atoms with E-state index in [1.165, 1.54) is 12.1 Å². The van der Waals surface area contributed by atoms with E-state index in [2.05, 4.69) is 5.32 Å². The van der Waals surface area contributed by atoms with E-state index in [9.17, 15) is 13.2 Å². The first-order chi connectivity index (χ1) is 16.0. The van der Waals surface area contributed by atoms with E-state index in [1.807, 2.05) is 6.92 Å². The molecule has 0 fully saturated rings. The Bertz CT molecular complexity index is 983. The number of hydrogen-bond acceptors (Lipinski definition) is 8. The maximum atomic E-state index is 12.0. The second kappa shape index (κ2) is 13.3. The van der Waals surface area contributed by atoms with Gasteiger partial charge in [-0.2, -0.15) is 8.42 Å². The molecular weight excluding hydrogens is 462 g/mol. The van der Waals surface area contributed by atoms with Crippen LogP contribution in [0.5, 0.6) is 5.75 Å². The molecule has 0 aliphatic carbocycles. The summed E-state index contributed by atoms with van der Waals surface area (Å²) in [4.78, 5) is 11.9. The summed E-state index contributed by atoms with van der Waals surface area (Å²) in [5, 5.41) is 2.65. The third-order valence-corrected chi connectivity index (χ3v) is 5.47. The molecule has 1 N–H and O–H groups in total. The van der Waals surface area contributed by atoms with Gasteiger partial charge in [0.05, 0.1) is 37.9 Å². The predicted octanol–water partition coefficient (Wildman–Crippen LogP) is 4.16. The Morgan fingerprint density at radius 2 is 1.38 bits per heavy atom. The summed E-state index contributed by atoms with van der Waals surface area (Å²) < 4.78 is 50.6. The molecule has 0 radical (unpaired) electrons. The average molecular weight is 496 g/mol. The van der Waals surface area contributed by atoms with Crippen LogP contribution in [0.2, 0.25) is 0 Å². The lowest BCUT2D eigenvalue weighted by molar-refractivity contribution is 0.0279. The van der Waals surface area contributed by atoms with E-state index in [1.54, 1.807) is 57.2 Å². The van der Waals surface area contributed by atoms with Crippen molar-refractivity contribution in [2.24, 2.45) is 0 Å². The minimum absolute atomic E-state index is 0.0713. The van der Waals surface area contributed by atoms with E-state index in [0.717, 1.165) is 5.56 Å². The van der Waals surface area contributed by atoms with Gasteiger partial charge in [0.2, 0.25) is 0 Å². The zero-order valence-electron chi connectivity index (χ0n) is 20.0. The van der Waals surface area contributed by atoms with Crippen molar-refractivity contribution in [1.82, 2.24) is 0 Å². The molecule has 0 aromatic heterocycles. The quantitative estimate of drug-likeness (QED) is 0.326. The Morgan fingerprint density at radius 1 is 0.824 bits per heavy atom. The maximum absolute atomic E-state index is 12.0. The summed E-state index contributed by atoms with van der Waals surface area (Å²) in [6.45, 7) is 8.69. The maximum Gasteiger partial charge on any atom is 0.412 e. The molecule has 2 aromatic carbocycles. The van der Waals surface area contributed by atoms with Gasteiger partial charge in [0, 0.05) is 5.69 Å². The first-order valence-corrected chi connectivity index (χ1v) is 12.3. The average Bonchev–Trinajstić information content (AvgIpc) is 2.75. The van der Waals surface area contributed by atoms with Gasteiger partial charge in [-0.3, -0.25) is 9.50 Å². The summed E-state index contributed by atoms with van der Waals surface area (Å²) >= 11 is 0. The Balaban J connectivity index is 1.51. The van der Waals surface area contributed by atoms with Gasteiger partial charge in [0.1, 0.15) is 18.0 Å². The lowest BCUT2D eigenvalue weighted by Crippen LogP contribution is -2.27. The molecule has 1 amide bonds. The second-order valence-corrected chi connectivity index (χ2v) is 9.93. The molecule has 0 atom stereocenters. The Labute approximate surface area is 201 Å². The van der Waals surface area contributed by atoms with E-state index < -0.39 is 21.8 Å². The molecule has 0 heterocycles. The Kier molecular flexibility index (Phi) is 10.8. The van der Waals surface area contributed by atoms with Crippen molar-refractivity contribution in [2.45, 2.75) is 38.2 Å². The summed E-state index contributed by atoms with van der Waals surface area (Å²) in [7, 11) is -3.78. The highest BCUT2D eigenvalue weighted by Crippen LogP contribution is 2.17. The smallest absolute Gasteiger partial charge is 0.412 e. The fourth-order valence-electron chi connectivity index (χ4n) is 2.57. The molecule has 9 nitrogen and oxygen atoms in total. The standard InChI is InChI=1S/C24H33NO8S/c1-19-5-11-22(12-6-19)34(27,28)32-18-16-30-14-13-29-15-17-31-21-9-7-20(8-10-21)25-23(26)33-24(2,3)4/h5-12H,13-18H2,1-4H3,(H,25,26). The molecule has 0 bridgehead atoms. The normalized spacial score (nSPS) is 11.8. The summed E-state index contributed by atoms with van der Waals surface area (Å²) in [6, 6.07) is 13.4. The van der Waals surface area contributed by atoms with Crippen LogP contribution in [0, 0.1) is 6.92 Å². The predicted molar refractivity (Wildman–Crippen MR) is 128 cm³/mol. The van der Waals surface area contributed by atoms with Gasteiger partial charge in [-0.25, -0.2) is 4.79 Å². The fourth-order valence-corrected chi connectivity index (χ4v) is 3.46. The first-order valence-electron chi connectivity index (χ1n) is 10.9.